The summed E-state index contributed by atoms with van der Waals surface area (Å²) >= 11 is 1.01. The number of carbonyl (C=O) groups is 1. The molecule has 1 aromatic carbocycles. The molecule has 0 bridgehead atoms. The van der Waals surface area contributed by atoms with E-state index in [4.69, 9.17) is 0 Å². The summed E-state index contributed by atoms with van der Waals surface area (Å²) in [5, 5.41) is -0.210. The zero-order chi connectivity index (χ0) is 17.0. The van der Waals surface area contributed by atoms with Crippen molar-refractivity contribution in [2.45, 2.75) is 31.0 Å². The third-order valence-corrected chi connectivity index (χ3v) is 4.07. The van der Waals surface area contributed by atoms with Gasteiger partial charge in [-0.3, -0.25) is 9.59 Å². The molecule has 0 radical (unpaired) electrons. The molecule has 122 valence electrons. The molecule has 0 aliphatic carbocycles. The second-order valence-electron chi connectivity index (χ2n) is 4.96. The molecule has 0 aliphatic heterocycles. The van der Waals surface area contributed by atoms with E-state index in [0.29, 0.717) is 0 Å². The molecular weight excluding hydrogens is 327 g/mol. The summed E-state index contributed by atoms with van der Waals surface area (Å²) < 4.78 is 38.9. The average Bonchev–Trinajstić information content (AvgIpc) is 2.47. The Morgan fingerprint density at radius 2 is 1.83 bits per heavy atom. The molecule has 0 atom stereocenters. The topological polar surface area (TPSA) is 39.1 Å². The number of halogens is 3. The molecule has 0 saturated carbocycles. The van der Waals surface area contributed by atoms with E-state index in [1.807, 2.05) is 19.1 Å². The summed E-state index contributed by atoms with van der Waals surface area (Å²) in [6.07, 6.45) is -3.47. The van der Waals surface area contributed by atoms with Crippen molar-refractivity contribution in [1.29, 1.82) is 0 Å². The summed E-state index contributed by atoms with van der Waals surface area (Å²) in [6, 6.07) is 9.23. The van der Waals surface area contributed by atoms with Gasteiger partial charge in [-0.25, -0.2) is 0 Å². The van der Waals surface area contributed by atoms with Gasteiger partial charge in [0.15, 0.2) is 5.12 Å². The number of hydrogen-bond acceptors (Lipinski definition) is 3. The van der Waals surface area contributed by atoms with Crippen LogP contribution in [-0.4, -0.2) is 9.68 Å². The lowest BCUT2D eigenvalue weighted by atomic mass is 10.2. The Hall–Kier alpha value is -2.02. The molecule has 0 aliphatic rings. The fraction of sp³-hybridized carbons (Fsp3) is 0.250. The molecular formula is C16H14F3NO2S. The van der Waals surface area contributed by atoms with Crippen LogP contribution in [0.2, 0.25) is 0 Å². The van der Waals surface area contributed by atoms with Crippen molar-refractivity contribution in [2.24, 2.45) is 0 Å². The number of hydrogen-bond donors (Lipinski definition) is 0. The monoisotopic (exact) mass is 341 g/mol. The van der Waals surface area contributed by atoms with Gasteiger partial charge in [0, 0.05) is 24.1 Å². The maximum Gasteiger partial charge on any atom is 0.421 e. The lowest BCUT2D eigenvalue weighted by Gasteiger charge is -2.09. The lowest BCUT2D eigenvalue weighted by Crippen LogP contribution is -2.28. The minimum Gasteiger partial charge on any atom is -0.315 e. The van der Waals surface area contributed by atoms with Crippen LogP contribution in [-0.2, 0) is 17.5 Å². The van der Waals surface area contributed by atoms with E-state index >= 15 is 0 Å². The van der Waals surface area contributed by atoms with Crippen molar-refractivity contribution in [3.8, 4) is 0 Å². The number of carbonyl (C=O) groups excluding carboxylic acids is 1. The van der Waals surface area contributed by atoms with E-state index in [9.17, 15) is 22.8 Å². The standard InChI is InChI=1S/C16H14F3NO2S/c1-11-4-6-12(7-5-11)23-14(21)8-10-20-9-2-3-13(15(20)22)16(17,18)19/h2-7,9H,8,10H2,1H3. The van der Waals surface area contributed by atoms with Crippen molar-refractivity contribution in [1.82, 2.24) is 4.57 Å². The van der Waals surface area contributed by atoms with Crippen LogP contribution in [0.1, 0.15) is 17.5 Å². The summed E-state index contributed by atoms with van der Waals surface area (Å²) in [5.41, 5.74) is -1.29. The number of aromatic nitrogens is 1. The second kappa shape index (κ2) is 7.04. The summed E-state index contributed by atoms with van der Waals surface area (Å²) in [4.78, 5) is 24.4. The number of nitrogens with zero attached hydrogens (tertiary/aromatic N) is 1. The van der Waals surface area contributed by atoms with E-state index < -0.39 is 17.3 Å². The molecule has 0 N–H and O–H groups in total. The van der Waals surface area contributed by atoms with Crippen LogP contribution in [0.5, 0.6) is 0 Å². The second-order valence-corrected chi connectivity index (χ2v) is 6.09. The van der Waals surface area contributed by atoms with Crippen molar-refractivity contribution in [2.75, 3.05) is 0 Å². The SMILES string of the molecule is Cc1ccc(SC(=O)CCn2cccc(C(F)(F)F)c2=O)cc1. The molecule has 2 aromatic rings. The molecule has 23 heavy (non-hydrogen) atoms. The lowest BCUT2D eigenvalue weighted by molar-refractivity contribution is -0.138. The molecule has 1 aromatic heterocycles. The first-order valence-corrected chi connectivity index (χ1v) is 7.63. The van der Waals surface area contributed by atoms with E-state index in [1.54, 1.807) is 12.1 Å². The Morgan fingerprint density at radius 3 is 2.43 bits per heavy atom. The minimum absolute atomic E-state index is 0.0280. The smallest absolute Gasteiger partial charge is 0.315 e. The largest absolute Gasteiger partial charge is 0.421 e. The molecule has 1 heterocycles. The molecule has 7 heteroatoms. The van der Waals surface area contributed by atoms with Crippen molar-refractivity contribution in [3.05, 3.63) is 64.1 Å². The molecule has 0 unspecified atom stereocenters. The maximum absolute atomic E-state index is 12.7. The number of alkyl halides is 3. The zero-order valence-electron chi connectivity index (χ0n) is 12.3. The Morgan fingerprint density at radius 1 is 1.17 bits per heavy atom. The van der Waals surface area contributed by atoms with Crippen LogP contribution >= 0.6 is 11.8 Å². The summed E-state index contributed by atoms with van der Waals surface area (Å²) in [6.45, 7) is 1.84. The van der Waals surface area contributed by atoms with Gasteiger partial charge in [0.25, 0.3) is 5.56 Å². The van der Waals surface area contributed by atoms with Crippen LogP contribution < -0.4 is 5.56 Å². The number of pyridine rings is 1. The number of aryl methyl sites for hydroxylation is 2. The van der Waals surface area contributed by atoms with E-state index in [2.05, 4.69) is 0 Å². The normalized spacial score (nSPS) is 11.5. The van der Waals surface area contributed by atoms with Crippen LogP contribution in [0.3, 0.4) is 0 Å². The molecule has 2 rings (SSSR count). The van der Waals surface area contributed by atoms with Gasteiger partial charge in [-0.15, -0.1) is 0 Å². The van der Waals surface area contributed by atoms with Gasteiger partial charge in [0.05, 0.1) is 0 Å². The summed E-state index contributed by atoms with van der Waals surface area (Å²) in [7, 11) is 0. The summed E-state index contributed by atoms with van der Waals surface area (Å²) in [5.74, 6) is 0. The van der Waals surface area contributed by atoms with Crippen LogP contribution in [0, 0.1) is 6.92 Å². The Kier molecular flexibility index (Phi) is 5.30. The first kappa shape index (κ1) is 17.3. The maximum atomic E-state index is 12.7. The van der Waals surface area contributed by atoms with Gasteiger partial charge in [-0.1, -0.05) is 29.5 Å². The van der Waals surface area contributed by atoms with Gasteiger partial charge in [-0.05, 0) is 31.2 Å². The highest BCUT2D eigenvalue weighted by Gasteiger charge is 2.34. The minimum atomic E-state index is -4.69. The molecule has 0 amide bonds. The highest BCUT2D eigenvalue weighted by molar-refractivity contribution is 8.13. The zero-order valence-corrected chi connectivity index (χ0v) is 13.1. The van der Waals surface area contributed by atoms with Gasteiger partial charge >= 0.3 is 6.18 Å². The highest BCUT2D eigenvalue weighted by atomic mass is 32.2. The third-order valence-electron chi connectivity index (χ3n) is 3.14. The predicted octanol–water partition coefficient (Wildman–Crippen LogP) is 3.88. The van der Waals surface area contributed by atoms with Gasteiger partial charge in [0.1, 0.15) is 5.56 Å². The third kappa shape index (κ3) is 4.72. The van der Waals surface area contributed by atoms with E-state index in [0.717, 1.165) is 38.9 Å². The van der Waals surface area contributed by atoms with Crippen LogP contribution in [0.15, 0.2) is 52.3 Å². The predicted molar refractivity (Wildman–Crippen MR) is 82.4 cm³/mol. The van der Waals surface area contributed by atoms with Gasteiger partial charge in [0.2, 0.25) is 0 Å². The van der Waals surface area contributed by atoms with Gasteiger partial charge in [-0.2, -0.15) is 13.2 Å². The van der Waals surface area contributed by atoms with Crippen LogP contribution in [0.4, 0.5) is 13.2 Å². The van der Waals surface area contributed by atoms with Crippen LogP contribution in [0.25, 0.3) is 0 Å². The molecule has 0 fully saturated rings. The quantitative estimate of drug-likeness (QED) is 0.792. The first-order chi connectivity index (χ1) is 10.8. The molecule has 0 spiro atoms. The fourth-order valence-electron chi connectivity index (χ4n) is 1.93. The van der Waals surface area contributed by atoms with E-state index in [-0.39, 0.29) is 18.1 Å². The fourth-order valence-corrected chi connectivity index (χ4v) is 2.66. The average molecular weight is 341 g/mol. The van der Waals surface area contributed by atoms with Crippen molar-refractivity contribution >= 4 is 16.9 Å². The first-order valence-electron chi connectivity index (χ1n) is 6.81. The Labute approximate surface area is 135 Å². The van der Waals surface area contributed by atoms with Gasteiger partial charge < -0.3 is 4.57 Å². The van der Waals surface area contributed by atoms with E-state index in [1.165, 1.54) is 6.20 Å². The molecule has 3 nitrogen and oxygen atoms in total. The Balaban J connectivity index is 2.02. The van der Waals surface area contributed by atoms with Crippen molar-refractivity contribution < 1.29 is 18.0 Å². The molecule has 0 saturated heterocycles. The van der Waals surface area contributed by atoms with Crippen molar-refractivity contribution in [3.63, 3.8) is 0 Å². The highest BCUT2D eigenvalue weighted by Crippen LogP contribution is 2.26. The number of thioether (sulfide) groups is 1. The number of rotatable bonds is 4. The number of benzene rings is 1. The Bertz CT molecular complexity index is 751.